The number of rotatable bonds is 3. The molecule has 17 heavy (non-hydrogen) atoms. The van der Waals surface area contributed by atoms with Gasteiger partial charge in [0, 0.05) is 25.3 Å². The first-order valence-corrected chi connectivity index (χ1v) is 6.27. The van der Waals surface area contributed by atoms with Gasteiger partial charge < -0.3 is 15.4 Å². The topological polar surface area (TPSA) is 51.4 Å². The van der Waals surface area contributed by atoms with Crippen LogP contribution in [0.5, 0.6) is 0 Å². The molecule has 0 radical (unpaired) electrons. The molecule has 2 rings (SSSR count). The molecule has 1 saturated heterocycles. The van der Waals surface area contributed by atoms with Gasteiger partial charge in [0.2, 0.25) is 0 Å². The fourth-order valence-corrected chi connectivity index (χ4v) is 2.13. The highest BCUT2D eigenvalue weighted by atomic mass is 16.5. The summed E-state index contributed by atoms with van der Waals surface area (Å²) in [5.74, 6) is 1.07. The van der Waals surface area contributed by atoms with Gasteiger partial charge in [-0.05, 0) is 30.5 Å². The van der Waals surface area contributed by atoms with Crippen molar-refractivity contribution in [1.29, 1.82) is 0 Å². The summed E-state index contributed by atoms with van der Waals surface area (Å²) in [4.78, 5) is 6.84. The van der Waals surface area contributed by atoms with Crippen molar-refractivity contribution in [1.82, 2.24) is 4.98 Å². The molecule has 0 bridgehead atoms. The van der Waals surface area contributed by atoms with Crippen LogP contribution in [0, 0.1) is 6.92 Å². The van der Waals surface area contributed by atoms with E-state index in [0.29, 0.717) is 0 Å². The minimum Gasteiger partial charge on any atom is -0.378 e. The van der Waals surface area contributed by atoms with Crippen LogP contribution in [0.1, 0.15) is 30.5 Å². The highest BCUT2D eigenvalue weighted by molar-refractivity contribution is 5.48. The number of ether oxygens (including phenoxy) is 1. The molecule has 1 atom stereocenters. The molecule has 4 heteroatoms. The van der Waals surface area contributed by atoms with Gasteiger partial charge in [-0.15, -0.1) is 0 Å². The summed E-state index contributed by atoms with van der Waals surface area (Å²) in [5.41, 5.74) is 8.35. The summed E-state index contributed by atoms with van der Waals surface area (Å²) in [5, 5.41) is 0. The van der Waals surface area contributed by atoms with Crippen LogP contribution in [0.25, 0.3) is 0 Å². The third-order valence-corrected chi connectivity index (χ3v) is 3.25. The standard InChI is InChI=1S/C13H21N3O/c1-3-12(14)11-8-10(2)13(15-9-11)16-4-6-17-7-5-16/h8-9,12H,3-7,14H2,1-2H3. The molecule has 1 fully saturated rings. The monoisotopic (exact) mass is 235 g/mol. The first kappa shape index (κ1) is 12.3. The summed E-state index contributed by atoms with van der Waals surface area (Å²) in [7, 11) is 0. The van der Waals surface area contributed by atoms with E-state index in [1.807, 2.05) is 6.20 Å². The van der Waals surface area contributed by atoms with E-state index in [0.717, 1.165) is 44.1 Å². The zero-order valence-corrected chi connectivity index (χ0v) is 10.6. The number of nitrogens with two attached hydrogens (primary N) is 1. The van der Waals surface area contributed by atoms with Gasteiger partial charge in [-0.1, -0.05) is 6.92 Å². The first-order valence-electron chi connectivity index (χ1n) is 6.27. The van der Waals surface area contributed by atoms with Crippen molar-refractivity contribution in [2.45, 2.75) is 26.3 Å². The van der Waals surface area contributed by atoms with Gasteiger partial charge in [-0.25, -0.2) is 4.98 Å². The molecule has 0 aromatic carbocycles. The highest BCUT2D eigenvalue weighted by Gasteiger charge is 2.15. The van der Waals surface area contributed by atoms with Crippen LogP contribution < -0.4 is 10.6 Å². The van der Waals surface area contributed by atoms with Crippen molar-refractivity contribution >= 4 is 5.82 Å². The molecule has 1 aromatic heterocycles. The molecule has 1 aromatic rings. The number of pyridine rings is 1. The van der Waals surface area contributed by atoms with E-state index in [1.165, 1.54) is 5.56 Å². The van der Waals surface area contributed by atoms with E-state index in [-0.39, 0.29) is 6.04 Å². The number of hydrogen-bond donors (Lipinski definition) is 1. The van der Waals surface area contributed by atoms with Gasteiger partial charge in [0.15, 0.2) is 0 Å². The second-order valence-corrected chi connectivity index (χ2v) is 4.52. The predicted molar refractivity (Wildman–Crippen MR) is 69.2 cm³/mol. The second kappa shape index (κ2) is 5.47. The second-order valence-electron chi connectivity index (χ2n) is 4.52. The SMILES string of the molecule is CCC(N)c1cnc(N2CCOCC2)c(C)c1. The van der Waals surface area contributed by atoms with Gasteiger partial charge in [0.05, 0.1) is 13.2 Å². The number of morpholine rings is 1. The maximum atomic E-state index is 6.02. The summed E-state index contributed by atoms with van der Waals surface area (Å²) in [6.07, 6.45) is 2.85. The predicted octanol–water partition coefficient (Wildman–Crippen LogP) is 1.64. The average molecular weight is 235 g/mol. The maximum Gasteiger partial charge on any atom is 0.131 e. The molecular formula is C13H21N3O. The van der Waals surface area contributed by atoms with Crippen molar-refractivity contribution in [3.63, 3.8) is 0 Å². The van der Waals surface area contributed by atoms with E-state index in [9.17, 15) is 0 Å². The third-order valence-electron chi connectivity index (χ3n) is 3.25. The van der Waals surface area contributed by atoms with Gasteiger partial charge >= 0.3 is 0 Å². The molecule has 1 aliphatic rings. The fraction of sp³-hybridized carbons (Fsp3) is 0.615. The third kappa shape index (κ3) is 2.76. The molecule has 0 aliphatic carbocycles. The molecule has 2 heterocycles. The Balaban J connectivity index is 2.18. The minimum absolute atomic E-state index is 0.0972. The van der Waals surface area contributed by atoms with Gasteiger partial charge in [-0.2, -0.15) is 0 Å². The molecular weight excluding hydrogens is 214 g/mol. The van der Waals surface area contributed by atoms with Crippen molar-refractivity contribution < 1.29 is 4.74 Å². The molecule has 94 valence electrons. The largest absolute Gasteiger partial charge is 0.378 e. The van der Waals surface area contributed by atoms with Crippen molar-refractivity contribution in [2.24, 2.45) is 5.73 Å². The Hall–Kier alpha value is -1.13. The first-order chi connectivity index (χ1) is 8.22. The van der Waals surface area contributed by atoms with Crippen molar-refractivity contribution in [2.75, 3.05) is 31.2 Å². The number of hydrogen-bond acceptors (Lipinski definition) is 4. The molecule has 4 nitrogen and oxygen atoms in total. The van der Waals surface area contributed by atoms with E-state index < -0.39 is 0 Å². The van der Waals surface area contributed by atoms with Crippen molar-refractivity contribution in [3.05, 3.63) is 23.4 Å². The lowest BCUT2D eigenvalue weighted by molar-refractivity contribution is 0.122. The lowest BCUT2D eigenvalue weighted by atomic mass is 10.1. The van der Waals surface area contributed by atoms with Gasteiger partial charge in [0.25, 0.3) is 0 Å². The Morgan fingerprint density at radius 2 is 2.18 bits per heavy atom. The van der Waals surface area contributed by atoms with Crippen LogP contribution in [0.4, 0.5) is 5.82 Å². The normalized spacial score (nSPS) is 18.2. The number of aromatic nitrogens is 1. The summed E-state index contributed by atoms with van der Waals surface area (Å²) >= 11 is 0. The quantitative estimate of drug-likeness (QED) is 0.865. The highest BCUT2D eigenvalue weighted by Crippen LogP contribution is 2.22. The summed E-state index contributed by atoms with van der Waals surface area (Å²) in [6, 6.07) is 2.26. The average Bonchev–Trinajstić information content (AvgIpc) is 2.38. The Morgan fingerprint density at radius 1 is 1.47 bits per heavy atom. The molecule has 0 saturated carbocycles. The fourth-order valence-electron chi connectivity index (χ4n) is 2.13. The summed E-state index contributed by atoms with van der Waals surface area (Å²) in [6.45, 7) is 7.62. The Labute approximate surface area is 103 Å². The zero-order valence-electron chi connectivity index (χ0n) is 10.6. The molecule has 0 spiro atoms. The Kier molecular flexibility index (Phi) is 3.97. The maximum absolute atomic E-state index is 6.02. The van der Waals surface area contributed by atoms with Crippen molar-refractivity contribution in [3.8, 4) is 0 Å². The number of anilines is 1. The Bertz CT molecular complexity index is 375. The molecule has 1 aliphatic heterocycles. The molecule has 1 unspecified atom stereocenters. The number of nitrogens with zero attached hydrogens (tertiary/aromatic N) is 2. The van der Waals surface area contributed by atoms with Crippen LogP contribution in [0.2, 0.25) is 0 Å². The smallest absolute Gasteiger partial charge is 0.131 e. The van der Waals surface area contributed by atoms with Crippen LogP contribution in [-0.2, 0) is 4.74 Å². The minimum atomic E-state index is 0.0972. The van der Waals surface area contributed by atoms with Crippen LogP contribution in [0.3, 0.4) is 0 Å². The zero-order chi connectivity index (χ0) is 12.3. The lowest BCUT2D eigenvalue weighted by Gasteiger charge is -2.29. The van der Waals surface area contributed by atoms with Gasteiger partial charge in [-0.3, -0.25) is 0 Å². The van der Waals surface area contributed by atoms with Crippen LogP contribution in [0.15, 0.2) is 12.3 Å². The van der Waals surface area contributed by atoms with E-state index in [4.69, 9.17) is 10.5 Å². The van der Waals surface area contributed by atoms with E-state index in [2.05, 4.69) is 29.8 Å². The Morgan fingerprint density at radius 3 is 2.76 bits per heavy atom. The van der Waals surface area contributed by atoms with Crippen LogP contribution >= 0.6 is 0 Å². The van der Waals surface area contributed by atoms with E-state index >= 15 is 0 Å². The van der Waals surface area contributed by atoms with Gasteiger partial charge in [0.1, 0.15) is 5.82 Å². The van der Waals surface area contributed by atoms with E-state index in [1.54, 1.807) is 0 Å². The lowest BCUT2D eigenvalue weighted by Crippen LogP contribution is -2.37. The molecule has 0 amide bonds. The molecule has 2 N–H and O–H groups in total. The summed E-state index contributed by atoms with van der Waals surface area (Å²) < 4.78 is 5.35. The number of aryl methyl sites for hydroxylation is 1. The van der Waals surface area contributed by atoms with Crippen LogP contribution in [-0.4, -0.2) is 31.3 Å².